The van der Waals surface area contributed by atoms with Gasteiger partial charge >= 0.3 is 0 Å². The van der Waals surface area contributed by atoms with Crippen LogP contribution < -0.4 is 5.32 Å². The van der Waals surface area contributed by atoms with E-state index in [1.54, 1.807) is 0 Å². The number of hydrogen-bond donors (Lipinski definition) is 2. The molecule has 0 spiro atoms. The summed E-state index contributed by atoms with van der Waals surface area (Å²) >= 11 is 0. The minimum absolute atomic E-state index is 0.0907. The van der Waals surface area contributed by atoms with E-state index >= 15 is 0 Å². The molecule has 0 bridgehead atoms. The van der Waals surface area contributed by atoms with Crippen LogP contribution in [-0.4, -0.2) is 23.2 Å². The van der Waals surface area contributed by atoms with Gasteiger partial charge in [-0.2, -0.15) is 0 Å². The summed E-state index contributed by atoms with van der Waals surface area (Å²) in [6.07, 6.45) is 9.78. The van der Waals surface area contributed by atoms with E-state index in [0.29, 0.717) is 0 Å². The minimum atomic E-state index is -0.257. The number of carbonyl (C=O) groups excluding carboxylic acids is 1. The van der Waals surface area contributed by atoms with E-state index in [2.05, 4.69) is 19.2 Å². The van der Waals surface area contributed by atoms with Crippen molar-refractivity contribution in [1.82, 2.24) is 5.32 Å². The van der Waals surface area contributed by atoms with E-state index in [4.69, 9.17) is 0 Å². The summed E-state index contributed by atoms with van der Waals surface area (Å²) < 4.78 is 0. The largest absolute Gasteiger partial charge is 0.394 e. The lowest BCUT2D eigenvalue weighted by Crippen LogP contribution is -2.42. The summed E-state index contributed by atoms with van der Waals surface area (Å²) in [4.78, 5) is 12.2. The number of aliphatic hydroxyl groups excluding tert-OH is 1. The summed E-state index contributed by atoms with van der Waals surface area (Å²) in [7, 11) is 0. The highest BCUT2D eigenvalue weighted by Gasteiger charge is 2.44. The number of amides is 1. The first kappa shape index (κ1) is 15.5. The molecule has 0 aliphatic heterocycles. The van der Waals surface area contributed by atoms with Gasteiger partial charge in [-0.05, 0) is 25.7 Å². The molecule has 1 amide bonds. The molecule has 3 heteroatoms. The molecule has 18 heavy (non-hydrogen) atoms. The molecule has 1 atom stereocenters. The van der Waals surface area contributed by atoms with Gasteiger partial charge in [0, 0.05) is 5.92 Å². The van der Waals surface area contributed by atoms with E-state index in [9.17, 15) is 9.90 Å². The maximum atomic E-state index is 12.2. The fraction of sp³-hybridized carbons (Fsp3) is 0.933. The maximum Gasteiger partial charge on any atom is 0.223 e. The monoisotopic (exact) mass is 255 g/mol. The van der Waals surface area contributed by atoms with Gasteiger partial charge in [0.1, 0.15) is 0 Å². The normalized spacial score (nSPS) is 18.4. The first-order valence-corrected chi connectivity index (χ1v) is 7.60. The van der Waals surface area contributed by atoms with Crippen molar-refractivity contribution >= 4 is 5.91 Å². The third-order valence-electron chi connectivity index (χ3n) is 3.96. The standard InChI is InChI=1S/C15H29NO2/c1-3-5-6-7-9-13(8-4-2)14(18)16-15(12-17)10-11-15/h13,17H,3-12H2,1-2H3,(H,16,18). The third kappa shape index (κ3) is 4.97. The smallest absolute Gasteiger partial charge is 0.223 e. The molecule has 1 fully saturated rings. The van der Waals surface area contributed by atoms with Gasteiger partial charge in [0.05, 0.1) is 12.1 Å². The van der Waals surface area contributed by atoms with Crippen molar-refractivity contribution < 1.29 is 9.90 Å². The van der Waals surface area contributed by atoms with Crippen LogP contribution in [0.2, 0.25) is 0 Å². The van der Waals surface area contributed by atoms with Crippen LogP contribution in [0.4, 0.5) is 0 Å². The van der Waals surface area contributed by atoms with Crippen molar-refractivity contribution in [3.63, 3.8) is 0 Å². The van der Waals surface area contributed by atoms with Crippen molar-refractivity contribution in [2.75, 3.05) is 6.61 Å². The molecular weight excluding hydrogens is 226 g/mol. The maximum absolute atomic E-state index is 12.2. The summed E-state index contributed by atoms with van der Waals surface area (Å²) in [6.45, 7) is 4.42. The van der Waals surface area contributed by atoms with Crippen molar-refractivity contribution in [3.8, 4) is 0 Å². The zero-order valence-corrected chi connectivity index (χ0v) is 12.0. The van der Waals surface area contributed by atoms with Crippen molar-refractivity contribution in [2.24, 2.45) is 5.92 Å². The van der Waals surface area contributed by atoms with Gasteiger partial charge in [-0.15, -0.1) is 0 Å². The van der Waals surface area contributed by atoms with Crippen molar-refractivity contribution in [3.05, 3.63) is 0 Å². The number of nitrogens with one attached hydrogen (secondary N) is 1. The average molecular weight is 255 g/mol. The van der Waals surface area contributed by atoms with Crippen LogP contribution in [-0.2, 0) is 4.79 Å². The lowest BCUT2D eigenvalue weighted by atomic mass is 9.95. The second-order valence-electron chi connectivity index (χ2n) is 5.76. The molecule has 1 saturated carbocycles. The van der Waals surface area contributed by atoms with Gasteiger partial charge in [0.25, 0.3) is 0 Å². The van der Waals surface area contributed by atoms with Gasteiger partial charge in [0.2, 0.25) is 5.91 Å². The number of hydrogen-bond acceptors (Lipinski definition) is 2. The Labute approximate surface area is 111 Å². The summed E-state index contributed by atoms with van der Waals surface area (Å²) in [5.41, 5.74) is -0.257. The number of aliphatic hydroxyl groups is 1. The molecule has 0 saturated heterocycles. The van der Waals surface area contributed by atoms with Crippen LogP contribution >= 0.6 is 0 Å². The Bertz CT molecular complexity index is 249. The average Bonchev–Trinajstić information content (AvgIpc) is 3.13. The molecule has 2 N–H and O–H groups in total. The Hall–Kier alpha value is -0.570. The molecule has 3 nitrogen and oxygen atoms in total. The van der Waals surface area contributed by atoms with Gasteiger partial charge in [-0.3, -0.25) is 4.79 Å². The molecular formula is C15H29NO2. The fourth-order valence-electron chi connectivity index (χ4n) is 2.41. The van der Waals surface area contributed by atoms with Crippen molar-refractivity contribution in [1.29, 1.82) is 0 Å². The molecule has 1 aliphatic rings. The second kappa shape index (κ2) is 7.78. The number of carbonyl (C=O) groups is 1. The van der Waals surface area contributed by atoms with E-state index < -0.39 is 0 Å². The van der Waals surface area contributed by atoms with E-state index in [1.165, 1.54) is 19.3 Å². The third-order valence-corrected chi connectivity index (χ3v) is 3.96. The number of rotatable bonds is 10. The minimum Gasteiger partial charge on any atom is -0.394 e. The Morgan fingerprint density at radius 1 is 1.17 bits per heavy atom. The molecule has 1 unspecified atom stereocenters. The molecule has 1 aliphatic carbocycles. The van der Waals surface area contributed by atoms with Crippen LogP contribution in [0.1, 0.15) is 71.6 Å². The Kier molecular flexibility index (Phi) is 6.69. The Morgan fingerprint density at radius 2 is 1.89 bits per heavy atom. The lowest BCUT2D eigenvalue weighted by Gasteiger charge is -2.20. The first-order valence-electron chi connectivity index (χ1n) is 7.60. The van der Waals surface area contributed by atoms with E-state index in [-0.39, 0.29) is 24.0 Å². The molecule has 0 aromatic heterocycles. The lowest BCUT2D eigenvalue weighted by molar-refractivity contribution is -0.126. The van der Waals surface area contributed by atoms with E-state index in [0.717, 1.165) is 38.5 Å². The summed E-state index contributed by atoms with van der Waals surface area (Å²) in [5.74, 6) is 0.316. The SMILES string of the molecule is CCCCCCC(CCC)C(=O)NC1(CO)CC1. The van der Waals surface area contributed by atoms with Crippen LogP contribution in [0.5, 0.6) is 0 Å². The van der Waals surface area contributed by atoms with Crippen LogP contribution in [0, 0.1) is 5.92 Å². The molecule has 0 heterocycles. The zero-order chi connectivity index (χ0) is 13.4. The molecule has 0 aromatic carbocycles. The quantitative estimate of drug-likeness (QED) is 0.590. The summed E-state index contributed by atoms with van der Waals surface area (Å²) in [5, 5.41) is 12.3. The second-order valence-corrected chi connectivity index (χ2v) is 5.76. The Morgan fingerprint density at radius 3 is 2.39 bits per heavy atom. The molecule has 106 valence electrons. The predicted octanol–water partition coefficient (Wildman–Crippen LogP) is 3.01. The topological polar surface area (TPSA) is 49.3 Å². The van der Waals surface area contributed by atoms with Crippen LogP contribution in [0.25, 0.3) is 0 Å². The van der Waals surface area contributed by atoms with Gasteiger partial charge in [-0.1, -0.05) is 46.0 Å². The Balaban J connectivity index is 2.32. The molecule has 0 aromatic rings. The van der Waals surface area contributed by atoms with Gasteiger partial charge in [0.15, 0.2) is 0 Å². The van der Waals surface area contributed by atoms with Crippen LogP contribution in [0.15, 0.2) is 0 Å². The van der Waals surface area contributed by atoms with Gasteiger partial charge < -0.3 is 10.4 Å². The first-order chi connectivity index (χ1) is 8.67. The summed E-state index contributed by atoms with van der Waals surface area (Å²) in [6, 6.07) is 0. The predicted molar refractivity (Wildman–Crippen MR) is 74.4 cm³/mol. The van der Waals surface area contributed by atoms with Gasteiger partial charge in [-0.25, -0.2) is 0 Å². The molecule has 0 radical (unpaired) electrons. The highest BCUT2D eigenvalue weighted by atomic mass is 16.3. The highest BCUT2D eigenvalue weighted by Crippen LogP contribution is 2.35. The highest BCUT2D eigenvalue weighted by molar-refractivity contribution is 5.79. The van der Waals surface area contributed by atoms with Crippen molar-refractivity contribution in [2.45, 2.75) is 77.2 Å². The van der Waals surface area contributed by atoms with Crippen LogP contribution in [0.3, 0.4) is 0 Å². The van der Waals surface area contributed by atoms with E-state index in [1.807, 2.05) is 0 Å². The zero-order valence-electron chi connectivity index (χ0n) is 12.0. The number of unbranched alkanes of at least 4 members (excludes halogenated alkanes) is 3. The fourth-order valence-corrected chi connectivity index (χ4v) is 2.41. The molecule has 1 rings (SSSR count).